The number of furan rings is 1. The van der Waals surface area contributed by atoms with E-state index in [-0.39, 0.29) is 0 Å². The third kappa shape index (κ3) is 4.39. The highest BCUT2D eigenvalue weighted by molar-refractivity contribution is 7.89. The number of anilines is 1. The Morgan fingerprint density at radius 3 is 2.77 bits per heavy atom. The lowest BCUT2D eigenvalue weighted by molar-refractivity contribution is 0.0362. The summed E-state index contributed by atoms with van der Waals surface area (Å²) in [6, 6.07) is 7.91. The van der Waals surface area contributed by atoms with Crippen LogP contribution in [-0.2, 0) is 34.9 Å². The van der Waals surface area contributed by atoms with Crippen molar-refractivity contribution >= 4 is 21.7 Å². The van der Waals surface area contributed by atoms with Crippen molar-refractivity contribution in [2.24, 2.45) is 0 Å². The minimum Gasteiger partial charge on any atom is -0.481 e. The maximum atomic E-state index is 13.0. The molecule has 0 spiro atoms. The summed E-state index contributed by atoms with van der Waals surface area (Å²) in [6.45, 7) is 1.63. The Balaban J connectivity index is 1.44. The molecule has 1 unspecified atom stereocenters. The molecule has 0 aliphatic heterocycles. The van der Waals surface area contributed by atoms with E-state index in [0.717, 1.165) is 41.5 Å². The van der Waals surface area contributed by atoms with E-state index in [2.05, 4.69) is 15.0 Å². The van der Waals surface area contributed by atoms with Crippen LogP contribution in [0.2, 0.25) is 0 Å². The van der Waals surface area contributed by atoms with Gasteiger partial charge in [0.1, 0.15) is 5.76 Å². The Bertz CT molecular complexity index is 1410. The summed E-state index contributed by atoms with van der Waals surface area (Å²) in [6.07, 6.45) is 5.95. The van der Waals surface area contributed by atoms with Crippen LogP contribution in [0.3, 0.4) is 0 Å². The second kappa shape index (κ2) is 8.69. The SMILES string of the molecule is COc1cc(-c2ccc3c(c2NC(=O)NS(=O)(=O)c2cc4c(o2)CCCC4(C)O)CCC3)ccn1. The monoisotopic (exact) mass is 497 g/mol. The van der Waals surface area contributed by atoms with Gasteiger partial charge in [-0.25, -0.2) is 14.5 Å². The number of carbonyl (C=O) groups excluding carboxylic acids is 1. The minimum atomic E-state index is -4.30. The summed E-state index contributed by atoms with van der Waals surface area (Å²) in [5.74, 6) is 0.857. The van der Waals surface area contributed by atoms with Crippen molar-refractivity contribution < 1.29 is 27.5 Å². The van der Waals surface area contributed by atoms with Crippen molar-refractivity contribution in [1.29, 1.82) is 0 Å². The molecule has 2 aromatic heterocycles. The second-order valence-electron chi connectivity index (χ2n) is 9.16. The van der Waals surface area contributed by atoms with Gasteiger partial charge >= 0.3 is 6.03 Å². The molecular weight excluding hydrogens is 470 g/mol. The highest BCUT2D eigenvalue weighted by atomic mass is 32.2. The van der Waals surface area contributed by atoms with Crippen LogP contribution in [0.5, 0.6) is 5.88 Å². The van der Waals surface area contributed by atoms with E-state index in [1.807, 2.05) is 12.1 Å². The molecular formula is C25H27N3O6S. The number of methoxy groups -OCH3 is 1. The predicted molar refractivity (Wildman–Crippen MR) is 129 cm³/mol. The van der Waals surface area contributed by atoms with Crippen LogP contribution in [0.25, 0.3) is 11.1 Å². The summed E-state index contributed by atoms with van der Waals surface area (Å²) in [5.41, 5.74) is 3.46. The summed E-state index contributed by atoms with van der Waals surface area (Å²) in [7, 11) is -2.77. The summed E-state index contributed by atoms with van der Waals surface area (Å²) in [4.78, 5) is 17.1. The van der Waals surface area contributed by atoms with Gasteiger partial charge in [0.2, 0.25) is 11.0 Å². The maximum Gasteiger partial charge on any atom is 0.333 e. The van der Waals surface area contributed by atoms with Crippen LogP contribution < -0.4 is 14.8 Å². The van der Waals surface area contributed by atoms with E-state index >= 15 is 0 Å². The average Bonchev–Trinajstić information content (AvgIpc) is 3.47. The zero-order valence-corrected chi connectivity index (χ0v) is 20.4. The van der Waals surface area contributed by atoms with Gasteiger partial charge in [0, 0.05) is 35.9 Å². The zero-order valence-electron chi connectivity index (χ0n) is 19.6. The third-order valence-corrected chi connectivity index (χ3v) is 7.89. The fraction of sp³-hybridized carbons (Fsp3) is 0.360. The van der Waals surface area contributed by atoms with E-state index in [1.54, 1.807) is 25.3 Å². The molecule has 0 saturated heterocycles. The van der Waals surface area contributed by atoms with Gasteiger partial charge in [0.15, 0.2) is 0 Å². The third-order valence-electron chi connectivity index (χ3n) is 6.70. The number of sulfonamides is 1. The number of aromatic nitrogens is 1. The maximum absolute atomic E-state index is 13.0. The Kier molecular flexibility index (Phi) is 5.80. The van der Waals surface area contributed by atoms with Gasteiger partial charge in [-0.3, -0.25) is 0 Å². The average molecular weight is 498 g/mol. The largest absolute Gasteiger partial charge is 0.481 e. The molecule has 2 heterocycles. The number of benzene rings is 1. The first-order valence-electron chi connectivity index (χ1n) is 11.5. The number of fused-ring (bicyclic) bond motifs is 2. The smallest absolute Gasteiger partial charge is 0.333 e. The van der Waals surface area contributed by atoms with Gasteiger partial charge < -0.3 is 19.6 Å². The van der Waals surface area contributed by atoms with Crippen molar-refractivity contribution in [2.45, 2.75) is 56.1 Å². The van der Waals surface area contributed by atoms with Crippen molar-refractivity contribution in [3.8, 4) is 17.0 Å². The first kappa shape index (κ1) is 23.4. The van der Waals surface area contributed by atoms with Gasteiger partial charge in [-0.05, 0) is 61.8 Å². The molecule has 10 heteroatoms. The van der Waals surface area contributed by atoms with Crippen LogP contribution >= 0.6 is 0 Å². The summed E-state index contributed by atoms with van der Waals surface area (Å²) >= 11 is 0. The number of rotatable bonds is 5. The van der Waals surface area contributed by atoms with E-state index in [0.29, 0.717) is 42.2 Å². The van der Waals surface area contributed by atoms with Crippen molar-refractivity contribution in [1.82, 2.24) is 9.71 Å². The fourth-order valence-corrected chi connectivity index (χ4v) is 5.83. The second-order valence-corrected chi connectivity index (χ2v) is 10.8. The minimum absolute atomic E-state index is 0.391. The standard InChI is InChI=1S/C25H27N3O6S/c1-25(30)11-4-7-20-19(25)14-22(34-20)35(31,32)28-24(29)27-23-17-6-3-5-15(17)8-9-18(23)16-10-12-26-21(13-16)33-2/h8-10,12-14,30H,3-7,11H2,1-2H3,(H2,27,28,29). The number of hydrogen-bond donors (Lipinski definition) is 3. The molecule has 0 radical (unpaired) electrons. The topological polar surface area (TPSA) is 131 Å². The van der Waals surface area contributed by atoms with Crippen molar-refractivity contribution in [3.05, 3.63) is 59.0 Å². The molecule has 3 N–H and O–H groups in total. The van der Waals surface area contributed by atoms with Gasteiger partial charge in [0.25, 0.3) is 10.0 Å². The Labute approximate surface area is 203 Å². The highest BCUT2D eigenvalue weighted by Crippen LogP contribution is 2.39. The number of nitrogens with one attached hydrogen (secondary N) is 2. The lowest BCUT2D eigenvalue weighted by Crippen LogP contribution is -2.34. The van der Waals surface area contributed by atoms with Crippen LogP contribution in [0.4, 0.5) is 10.5 Å². The first-order valence-corrected chi connectivity index (χ1v) is 13.0. The van der Waals surface area contributed by atoms with E-state index in [4.69, 9.17) is 9.15 Å². The number of carbonyl (C=O) groups is 1. The molecule has 1 atom stereocenters. The Morgan fingerprint density at radius 2 is 2.00 bits per heavy atom. The van der Waals surface area contributed by atoms with Gasteiger partial charge in [0.05, 0.1) is 18.4 Å². The number of nitrogens with zero attached hydrogens (tertiary/aromatic N) is 1. The van der Waals surface area contributed by atoms with Crippen molar-refractivity contribution in [3.63, 3.8) is 0 Å². The number of hydrogen-bond acceptors (Lipinski definition) is 7. The lowest BCUT2D eigenvalue weighted by atomic mass is 9.85. The fourth-order valence-electron chi connectivity index (χ4n) is 4.96. The first-order chi connectivity index (χ1) is 16.7. The molecule has 0 saturated carbocycles. The number of urea groups is 1. The van der Waals surface area contributed by atoms with Gasteiger partial charge in [-0.1, -0.05) is 12.1 Å². The molecule has 0 fully saturated rings. The van der Waals surface area contributed by atoms with Crippen LogP contribution in [0.1, 0.15) is 48.6 Å². The Hall–Kier alpha value is -3.37. The molecule has 1 aromatic carbocycles. The molecule has 35 heavy (non-hydrogen) atoms. The zero-order chi connectivity index (χ0) is 24.8. The summed E-state index contributed by atoms with van der Waals surface area (Å²) < 4.78 is 38.8. The normalized spacial score (nSPS) is 19.1. The molecule has 184 valence electrons. The van der Waals surface area contributed by atoms with E-state index in [1.165, 1.54) is 13.2 Å². The molecule has 9 nitrogen and oxygen atoms in total. The lowest BCUT2D eigenvalue weighted by Gasteiger charge is -2.26. The number of pyridine rings is 1. The number of ether oxygens (including phenoxy) is 1. The van der Waals surface area contributed by atoms with Gasteiger partial charge in [-0.2, -0.15) is 8.42 Å². The molecule has 2 aliphatic carbocycles. The number of aliphatic hydroxyl groups is 1. The number of amides is 2. The highest BCUT2D eigenvalue weighted by Gasteiger charge is 2.35. The van der Waals surface area contributed by atoms with Crippen LogP contribution in [0.15, 0.2) is 46.0 Å². The van der Waals surface area contributed by atoms with E-state index in [9.17, 15) is 18.3 Å². The summed E-state index contributed by atoms with van der Waals surface area (Å²) in [5, 5.41) is 13.0. The molecule has 5 rings (SSSR count). The Morgan fingerprint density at radius 1 is 1.17 bits per heavy atom. The van der Waals surface area contributed by atoms with Crippen LogP contribution in [-0.4, -0.2) is 31.6 Å². The molecule has 2 aliphatic rings. The molecule has 0 bridgehead atoms. The van der Waals surface area contributed by atoms with E-state index < -0.39 is 26.7 Å². The van der Waals surface area contributed by atoms with Gasteiger partial charge in [-0.15, -0.1) is 0 Å². The quantitative estimate of drug-likeness (QED) is 0.487. The number of aryl methyl sites for hydroxylation is 2. The predicted octanol–water partition coefficient (Wildman–Crippen LogP) is 3.89. The van der Waals surface area contributed by atoms with Crippen LogP contribution in [0, 0.1) is 0 Å². The van der Waals surface area contributed by atoms with Crippen molar-refractivity contribution in [2.75, 3.05) is 12.4 Å². The molecule has 2 amide bonds. The molecule has 3 aromatic rings.